The molecule has 0 saturated heterocycles. The van der Waals surface area contributed by atoms with Gasteiger partial charge in [0.2, 0.25) is 0 Å². The van der Waals surface area contributed by atoms with Crippen molar-refractivity contribution in [2.45, 2.75) is 5.88 Å². The van der Waals surface area contributed by atoms with Gasteiger partial charge in [-0.05, 0) is 21.5 Å². The fraction of sp³-hybridized carbons (Fsp3) is 0.125. The van der Waals surface area contributed by atoms with Crippen molar-refractivity contribution in [2.75, 3.05) is 6.26 Å². The van der Waals surface area contributed by atoms with Crippen molar-refractivity contribution in [3.63, 3.8) is 0 Å². The van der Waals surface area contributed by atoms with Gasteiger partial charge in [-0.2, -0.15) is 5.10 Å². The third-order valence-electron chi connectivity index (χ3n) is 3.10. The van der Waals surface area contributed by atoms with E-state index < -0.39 is 9.52 Å². The number of rotatable bonds is 3. The highest BCUT2D eigenvalue weighted by molar-refractivity contribution is 7.98. The molecule has 20 heavy (non-hydrogen) atoms. The van der Waals surface area contributed by atoms with Crippen molar-refractivity contribution in [3.05, 3.63) is 54.6 Å². The molecule has 0 saturated carbocycles. The van der Waals surface area contributed by atoms with Gasteiger partial charge >= 0.3 is 0 Å². The highest BCUT2D eigenvalue weighted by Gasteiger charge is 2.12. The van der Waals surface area contributed by atoms with Gasteiger partial charge in [-0.25, -0.2) is 0 Å². The Labute approximate surface area is 118 Å². The molecule has 0 fully saturated rings. The monoisotopic (exact) mass is 284 g/mol. The summed E-state index contributed by atoms with van der Waals surface area (Å²) in [7, 11) is -2.14. The molecule has 3 aromatic rings. The van der Waals surface area contributed by atoms with Gasteiger partial charge in [0.05, 0.1) is 5.52 Å². The first-order valence-electron chi connectivity index (χ1n) is 6.35. The van der Waals surface area contributed by atoms with Gasteiger partial charge in [0.15, 0.2) is 0 Å². The molecule has 0 spiro atoms. The fourth-order valence-corrected chi connectivity index (χ4v) is 3.01. The lowest BCUT2D eigenvalue weighted by Crippen LogP contribution is -2.09. The summed E-state index contributed by atoms with van der Waals surface area (Å²) in [4.78, 5) is 0. The average molecular weight is 284 g/mol. The van der Waals surface area contributed by atoms with Crippen molar-refractivity contribution < 1.29 is 4.21 Å². The molecule has 1 aromatic heterocycles. The minimum Gasteiger partial charge on any atom is -0.266 e. The molecule has 4 heteroatoms. The number of nitrogens with zero attached hydrogens (tertiary/aromatic N) is 2. The average Bonchev–Trinajstić information content (AvgIpc) is 2.77. The maximum atomic E-state index is 12.0. The standard InChI is InChI=1S/C16H16N2OS/c1-20(2,19)12-18-15-11-7-6-10-14(15)16(17-18)13-8-4-3-5-9-13/h3-11H,1,12H2,2H3. The Hall–Kier alpha value is -2.07. The number of fused-ring (bicyclic) bond motifs is 1. The zero-order chi connectivity index (χ0) is 14.2. The van der Waals surface area contributed by atoms with Gasteiger partial charge in [0, 0.05) is 17.2 Å². The number of para-hydroxylation sites is 1. The Morgan fingerprint density at radius 1 is 1.10 bits per heavy atom. The Bertz CT molecular complexity index is 849. The van der Waals surface area contributed by atoms with Crippen LogP contribution in [0.4, 0.5) is 0 Å². The van der Waals surface area contributed by atoms with Gasteiger partial charge in [0.1, 0.15) is 11.6 Å². The molecular weight excluding hydrogens is 268 g/mol. The largest absolute Gasteiger partial charge is 0.266 e. The van der Waals surface area contributed by atoms with Gasteiger partial charge < -0.3 is 0 Å². The minimum absolute atomic E-state index is 0.334. The van der Waals surface area contributed by atoms with Gasteiger partial charge in [-0.15, -0.1) is 0 Å². The van der Waals surface area contributed by atoms with Crippen LogP contribution in [0.1, 0.15) is 0 Å². The first-order valence-corrected chi connectivity index (χ1v) is 8.66. The van der Waals surface area contributed by atoms with Crippen LogP contribution in [-0.2, 0) is 15.4 Å². The molecule has 1 atom stereocenters. The molecule has 0 bridgehead atoms. The molecule has 102 valence electrons. The van der Waals surface area contributed by atoms with Crippen LogP contribution in [0, 0.1) is 0 Å². The summed E-state index contributed by atoms with van der Waals surface area (Å²) in [5.41, 5.74) is 2.98. The quantitative estimate of drug-likeness (QED) is 0.693. The highest BCUT2D eigenvalue weighted by Crippen LogP contribution is 2.27. The molecule has 0 amide bonds. The molecule has 2 aromatic carbocycles. The van der Waals surface area contributed by atoms with E-state index in [2.05, 4.69) is 11.0 Å². The molecule has 0 aliphatic rings. The van der Waals surface area contributed by atoms with Gasteiger partial charge in [-0.3, -0.25) is 8.89 Å². The summed E-state index contributed by atoms with van der Waals surface area (Å²) in [5.74, 6) is 4.06. The van der Waals surface area contributed by atoms with Crippen molar-refractivity contribution in [2.24, 2.45) is 0 Å². The van der Waals surface area contributed by atoms with Crippen molar-refractivity contribution >= 4 is 26.3 Å². The summed E-state index contributed by atoms with van der Waals surface area (Å²) in [5, 5.41) is 5.71. The molecule has 3 nitrogen and oxygen atoms in total. The normalized spacial score (nSPS) is 14.2. The van der Waals surface area contributed by atoms with Crippen LogP contribution >= 0.6 is 0 Å². The van der Waals surface area contributed by atoms with Crippen LogP contribution in [0.25, 0.3) is 22.2 Å². The number of hydrogen-bond acceptors (Lipinski definition) is 2. The zero-order valence-electron chi connectivity index (χ0n) is 11.3. The third kappa shape index (κ3) is 2.47. The van der Waals surface area contributed by atoms with Crippen molar-refractivity contribution in [1.82, 2.24) is 9.78 Å². The highest BCUT2D eigenvalue weighted by atomic mass is 32.2. The molecule has 0 N–H and O–H groups in total. The Balaban J connectivity index is 2.24. The van der Waals surface area contributed by atoms with Crippen LogP contribution in [0.15, 0.2) is 54.6 Å². The lowest BCUT2D eigenvalue weighted by atomic mass is 10.1. The van der Waals surface area contributed by atoms with Gasteiger partial charge in [0.25, 0.3) is 0 Å². The second kappa shape index (κ2) is 4.80. The molecule has 3 rings (SSSR count). The predicted molar refractivity (Wildman–Crippen MR) is 86.4 cm³/mol. The predicted octanol–water partition coefficient (Wildman–Crippen LogP) is 3.01. The second-order valence-corrected chi connectivity index (χ2v) is 7.67. The zero-order valence-corrected chi connectivity index (χ0v) is 12.1. The third-order valence-corrected chi connectivity index (χ3v) is 3.89. The number of aromatic nitrogens is 2. The lowest BCUT2D eigenvalue weighted by Gasteiger charge is -2.04. The summed E-state index contributed by atoms with van der Waals surface area (Å²) >= 11 is 0. The van der Waals surface area contributed by atoms with E-state index in [0.29, 0.717) is 5.88 Å². The van der Waals surface area contributed by atoms with E-state index in [1.807, 2.05) is 54.6 Å². The van der Waals surface area contributed by atoms with Gasteiger partial charge in [-0.1, -0.05) is 48.5 Å². The van der Waals surface area contributed by atoms with E-state index in [9.17, 15) is 4.21 Å². The van der Waals surface area contributed by atoms with E-state index in [1.165, 1.54) is 0 Å². The van der Waals surface area contributed by atoms with Crippen molar-refractivity contribution in [1.29, 1.82) is 0 Å². The molecule has 1 heterocycles. The molecular formula is C16H16N2OS. The molecule has 1 unspecified atom stereocenters. The van der Waals surface area contributed by atoms with E-state index in [0.717, 1.165) is 22.2 Å². The Kier molecular flexibility index (Phi) is 3.10. The summed E-state index contributed by atoms with van der Waals surface area (Å²) in [6.45, 7) is 0. The van der Waals surface area contributed by atoms with E-state index in [-0.39, 0.29) is 0 Å². The first kappa shape index (κ1) is 12.9. The number of hydrogen-bond donors (Lipinski definition) is 0. The smallest absolute Gasteiger partial charge is 0.109 e. The summed E-state index contributed by atoms with van der Waals surface area (Å²) < 4.78 is 13.8. The topological polar surface area (TPSA) is 34.9 Å². The molecule has 0 aliphatic heterocycles. The first-order chi connectivity index (χ1) is 9.54. The van der Waals surface area contributed by atoms with Crippen LogP contribution in [0.3, 0.4) is 0 Å². The summed E-state index contributed by atoms with van der Waals surface area (Å²) in [6.07, 6.45) is 1.66. The van der Waals surface area contributed by atoms with Crippen LogP contribution in [0.2, 0.25) is 0 Å². The number of benzene rings is 2. The maximum absolute atomic E-state index is 12.0. The molecule has 0 aliphatic carbocycles. The van der Waals surface area contributed by atoms with E-state index >= 15 is 0 Å². The molecule has 0 radical (unpaired) electrons. The minimum atomic E-state index is -2.14. The second-order valence-electron chi connectivity index (χ2n) is 5.04. The maximum Gasteiger partial charge on any atom is 0.109 e. The fourth-order valence-electron chi connectivity index (χ4n) is 2.29. The van der Waals surface area contributed by atoms with Crippen LogP contribution in [-0.4, -0.2) is 26.1 Å². The summed E-state index contributed by atoms with van der Waals surface area (Å²) in [6, 6.07) is 18.0. The SMILES string of the molecule is C=S(C)(=O)Cn1nc(-c2ccccc2)c2ccccc21. The Morgan fingerprint density at radius 2 is 1.75 bits per heavy atom. The van der Waals surface area contributed by atoms with E-state index in [4.69, 9.17) is 0 Å². The lowest BCUT2D eigenvalue weighted by molar-refractivity contribution is 0.666. The van der Waals surface area contributed by atoms with E-state index in [1.54, 1.807) is 10.9 Å². The van der Waals surface area contributed by atoms with Crippen LogP contribution < -0.4 is 0 Å². The van der Waals surface area contributed by atoms with Crippen LogP contribution in [0.5, 0.6) is 0 Å². The Morgan fingerprint density at radius 3 is 2.45 bits per heavy atom. The van der Waals surface area contributed by atoms with Crippen molar-refractivity contribution in [3.8, 4) is 11.3 Å².